The number of hydrogen-bond donors (Lipinski definition) is 6. The van der Waals surface area contributed by atoms with Crippen LogP contribution >= 0.6 is 0 Å². The fraction of sp³-hybridized carbons (Fsp3) is 0.727. The zero-order valence-electron chi connectivity index (χ0n) is 20.7. The van der Waals surface area contributed by atoms with E-state index in [1.807, 2.05) is 0 Å². The Morgan fingerprint density at radius 3 is 1.18 bits per heavy atom. The number of rotatable bonds is 16. The van der Waals surface area contributed by atoms with Crippen molar-refractivity contribution in [3.8, 4) is 0 Å². The van der Waals surface area contributed by atoms with Crippen LogP contribution in [-0.2, 0) is 0 Å². The average Bonchev–Trinajstić information content (AvgIpc) is 2.80. The summed E-state index contributed by atoms with van der Waals surface area (Å²) in [7, 11) is 0. The summed E-state index contributed by atoms with van der Waals surface area (Å²) >= 11 is 0. The van der Waals surface area contributed by atoms with Crippen LogP contribution in [0, 0.1) is 11.8 Å². The number of aromatic nitrogens is 4. The van der Waals surface area contributed by atoms with E-state index in [1.165, 1.54) is 0 Å². The number of hydrogen-bond acceptors (Lipinski definition) is 12. The third-order valence-corrected chi connectivity index (χ3v) is 4.92. The van der Waals surface area contributed by atoms with Gasteiger partial charge in [-0.25, -0.2) is 9.97 Å². The van der Waals surface area contributed by atoms with E-state index in [1.54, 1.807) is 9.80 Å². The number of anilines is 4. The lowest BCUT2D eigenvalue weighted by Gasteiger charge is -2.25. The van der Waals surface area contributed by atoms with E-state index in [0.717, 1.165) is 0 Å². The molecule has 0 amide bonds. The lowest BCUT2D eigenvalue weighted by atomic mass is 10.2. The lowest BCUT2D eigenvalue weighted by Crippen LogP contribution is -2.32. The first-order valence-electron chi connectivity index (χ1n) is 11.8. The predicted octanol–water partition coefficient (Wildman–Crippen LogP) is 0.138. The van der Waals surface area contributed by atoms with Crippen molar-refractivity contribution in [3.63, 3.8) is 0 Å². The lowest BCUT2D eigenvalue weighted by molar-refractivity contribution is 0.279. The molecule has 0 saturated carbocycles. The topological polar surface area (TPSA) is 163 Å². The molecule has 2 aromatic heterocycles. The molecule has 12 nitrogen and oxygen atoms in total. The second kappa shape index (κ2) is 14.0. The zero-order chi connectivity index (χ0) is 25.1. The van der Waals surface area contributed by atoms with Gasteiger partial charge in [0, 0.05) is 39.3 Å². The highest BCUT2D eigenvalue weighted by Gasteiger charge is 2.21. The second-order valence-corrected chi connectivity index (χ2v) is 8.86. The summed E-state index contributed by atoms with van der Waals surface area (Å²) in [6.45, 7) is 10.3. The Balaban J connectivity index is 2.74. The van der Waals surface area contributed by atoms with E-state index >= 15 is 0 Å². The van der Waals surface area contributed by atoms with Crippen LogP contribution in [0.4, 0.5) is 23.5 Å². The molecule has 0 fully saturated rings. The van der Waals surface area contributed by atoms with Crippen LogP contribution in [0.15, 0.2) is 0 Å². The van der Waals surface area contributed by atoms with Gasteiger partial charge in [0.05, 0.1) is 26.4 Å². The van der Waals surface area contributed by atoms with Crippen molar-refractivity contribution in [3.05, 3.63) is 0 Å². The molecule has 192 valence electrons. The molecule has 0 aliphatic heterocycles. The molecule has 0 aromatic carbocycles. The maximum atomic E-state index is 9.50. The molecule has 0 radical (unpaired) electrons. The van der Waals surface area contributed by atoms with Crippen molar-refractivity contribution in [1.29, 1.82) is 0 Å². The van der Waals surface area contributed by atoms with Crippen LogP contribution in [-0.4, -0.2) is 106 Å². The first-order chi connectivity index (χ1) is 16.3. The van der Waals surface area contributed by atoms with Gasteiger partial charge in [0.15, 0.2) is 11.6 Å². The Labute approximate surface area is 201 Å². The summed E-state index contributed by atoms with van der Waals surface area (Å²) in [6, 6.07) is 0. The number of aliphatic hydroxyl groups is 4. The average molecular weight is 481 g/mol. The van der Waals surface area contributed by atoms with E-state index in [2.05, 4.69) is 48.3 Å². The van der Waals surface area contributed by atoms with E-state index < -0.39 is 0 Å². The fourth-order valence-corrected chi connectivity index (χ4v) is 3.23. The van der Waals surface area contributed by atoms with Crippen molar-refractivity contribution in [2.75, 3.05) is 86.1 Å². The van der Waals surface area contributed by atoms with Gasteiger partial charge < -0.3 is 40.9 Å². The highest BCUT2D eigenvalue weighted by Crippen LogP contribution is 2.29. The van der Waals surface area contributed by atoms with Gasteiger partial charge in [-0.05, 0) is 11.8 Å². The maximum absolute atomic E-state index is 9.50. The van der Waals surface area contributed by atoms with E-state index in [9.17, 15) is 20.4 Å². The van der Waals surface area contributed by atoms with E-state index in [4.69, 9.17) is 9.97 Å². The van der Waals surface area contributed by atoms with Crippen LogP contribution in [0.5, 0.6) is 0 Å². The van der Waals surface area contributed by atoms with Crippen molar-refractivity contribution in [2.24, 2.45) is 11.8 Å². The van der Waals surface area contributed by atoms with Crippen LogP contribution in [0.3, 0.4) is 0 Å². The normalized spacial score (nSPS) is 11.5. The summed E-state index contributed by atoms with van der Waals surface area (Å²) in [4.78, 5) is 22.2. The van der Waals surface area contributed by atoms with Gasteiger partial charge in [0.2, 0.25) is 11.9 Å². The van der Waals surface area contributed by atoms with Crippen LogP contribution in [0.25, 0.3) is 11.0 Å². The van der Waals surface area contributed by atoms with Crippen LogP contribution < -0.4 is 20.4 Å². The van der Waals surface area contributed by atoms with E-state index in [0.29, 0.717) is 59.5 Å². The quantitative estimate of drug-likeness (QED) is 0.193. The third-order valence-electron chi connectivity index (χ3n) is 4.92. The standard InChI is InChI=1S/C22H40N8O4/c1-15(2)13-23-19-17-18(26-21(27-19)29(5-9-31)6-10-32)20(24-14-16(3)4)28-22(25-17)30(7-11-33)8-12-34/h15-16,31-34H,5-14H2,1-4H3,(H,23,26,27)(H,24,25,28). The minimum Gasteiger partial charge on any atom is -0.395 e. The minimum atomic E-state index is -0.110. The highest BCUT2D eigenvalue weighted by molar-refractivity contribution is 5.94. The smallest absolute Gasteiger partial charge is 0.228 e. The van der Waals surface area contributed by atoms with Gasteiger partial charge in [0.25, 0.3) is 0 Å². The molecule has 0 atom stereocenters. The molecule has 2 heterocycles. The molecule has 34 heavy (non-hydrogen) atoms. The Morgan fingerprint density at radius 1 is 0.588 bits per heavy atom. The maximum Gasteiger partial charge on any atom is 0.228 e. The number of aliphatic hydroxyl groups excluding tert-OH is 4. The molecule has 0 unspecified atom stereocenters. The number of nitrogens with one attached hydrogen (secondary N) is 2. The minimum absolute atomic E-state index is 0.110. The zero-order valence-corrected chi connectivity index (χ0v) is 20.7. The largest absolute Gasteiger partial charge is 0.395 e. The summed E-state index contributed by atoms with van der Waals surface area (Å²) in [5, 5.41) is 44.7. The number of fused-ring (bicyclic) bond motifs is 1. The third kappa shape index (κ3) is 7.76. The molecule has 0 saturated heterocycles. The van der Waals surface area contributed by atoms with Crippen molar-refractivity contribution >= 4 is 34.6 Å². The van der Waals surface area contributed by atoms with E-state index in [-0.39, 0.29) is 52.6 Å². The summed E-state index contributed by atoms with van der Waals surface area (Å²) in [6.07, 6.45) is 0. The molecule has 0 aliphatic rings. The summed E-state index contributed by atoms with van der Waals surface area (Å²) < 4.78 is 0. The highest BCUT2D eigenvalue weighted by atomic mass is 16.3. The SMILES string of the molecule is CC(C)CNc1nc(N(CCO)CCO)nc2c(NCC(C)C)nc(N(CCO)CCO)nc12. The Bertz CT molecular complexity index is 800. The predicted molar refractivity (Wildman–Crippen MR) is 135 cm³/mol. The van der Waals surface area contributed by atoms with Gasteiger partial charge in [-0.1, -0.05) is 27.7 Å². The van der Waals surface area contributed by atoms with Gasteiger partial charge in [0.1, 0.15) is 11.0 Å². The van der Waals surface area contributed by atoms with Gasteiger partial charge in [-0.2, -0.15) is 9.97 Å². The summed E-state index contributed by atoms with van der Waals surface area (Å²) in [5.41, 5.74) is 1.02. The van der Waals surface area contributed by atoms with Crippen LogP contribution in [0.1, 0.15) is 27.7 Å². The molecule has 2 aromatic rings. The van der Waals surface area contributed by atoms with Gasteiger partial charge in [-0.3, -0.25) is 0 Å². The monoisotopic (exact) mass is 480 g/mol. The Hall–Kier alpha value is -2.54. The van der Waals surface area contributed by atoms with Crippen molar-refractivity contribution in [1.82, 2.24) is 19.9 Å². The first kappa shape index (κ1) is 27.7. The molecule has 0 bridgehead atoms. The molecule has 0 aliphatic carbocycles. The Kier molecular flexibility index (Phi) is 11.4. The molecule has 2 rings (SSSR count). The van der Waals surface area contributed by atoms with Crippen molar-refractivity contribution < 1.29 is 20.4 Å². The number of nitrogens with zero attached hydrogens (tertiary/aromatic N) is 6. The summed E-state index contributed by atoms with van der Waals surface area (Å²) in [5.74, 6) is 2.43. The molecular formula is C22H40N8O4. The first-order valence-corrected chi connectivity index (χ1v) is 11.8. The molecule has 12 heteroatoms. The fourth-order valence-electron chi connectivity index (χ4n) is 3.23. The molecule has 0 spiro atoms. The van der Waals surface area contributed by atoms with Crippen LogP contribution in [0.2, 0.25) is 0 Å². The molecule has 6 N–H and O–H groups in total. The van der Waals surface area contributed by atoms with Crippen molar-refractivity contribution in [2.45, 2.75) is 27.7 Å². The Morgan fingerprint density at radius 2 is 0.912 bits per heavy atom. The second-order valence-electron chi connectivity index (χ2n) is 8.86. The molecular weight excluding hydrogens is 440 g/mol. The van der Waals surface area contributed by atoms with Gasteiger partial charge in [-0.15, -0.1) is 0 Å². The van der Waals surface area contributed by atoms with Gasteiger partial charge >= 0.3 is 0 Å².